The smallest absolute Gasteiger partial charge is 0.358 e. The van der Waals surface area contributed by atoms with Crippen LogP contribution >= 0.6 is 0 Å². The molecule has 110 valence electrons. The second kappa shape index (κ2) is 6.68. The van der Waals surface area contributed by atoms with Crippen LogP contribution in [0.25, 0.3) is 0 Å². The molecule has 1 aliphatic rings. The molecule has 1 saturated carbocycles. The van der Waals surface area contributed by atoms with E-state index in [4.69, 9.17) is 4.74 Å². The van der Waals surface area contributed by atoms with E-state index in [9.17, 15) is 9.90 Å². The van der Waals surface area contributed by atoms with E-state index in [0.717, 1.165) is 25.7 Å². The normalized spacial score (nSPS) is 16.9. The number of hydrogen-bond acceptors (Lipinski definition) is 4. The Balaban J connectivity index is 2.19. The molecule has 1 aromatic rings. The lowest BCUT2D eigenvalue weighted by Crippen LogP contribution is -2.18. The molecule has 1 heterocycles. The topological polar surface area (TPSA) is 72.3 Å². The molecule has 0 bridgehead atoms. The Bertz CT molecular complexity index is 466. The summed E-state index contributed by atoms with van der Waals surface area (Å²) in [5.41, 5.74) is -0.0204. The average Bonchev–Trinajstić information content (AvgIpc) is 2.67. The van der Waals surface area contributed by atoms with Gasteiger partial charge in [0.1, 0.15) is 5.82 Å². The van der Waals surface area contributed by atoms with Crippen molar-refractivity contribution >= 4 is 5.97 Å². The summed E-state index contributed by atoms with van der Waals surface area (Å²) in [6.07, 6.45) is 8.29. The number of ether oxygens (including phenoxy) is 1. The second-order valence-electron chi connectivity index (χ2n) is 5.63. The molecule has 5 nitrogen and oxygen atoms in total. The fraction of sp³-hybridized carbons (Fsp3) is 0.667. The van der Waals surface area contributed by atoms with Gasteiger partial charge in [0.25, 0.3) is 0 Å². The number of carboxylic acid groups (broad SMARTS) is 1. The number of carboxylic acids is 1. The van der Waals surface area contributed by atoms with Gasteiger partial charge in [0.2, 0.25) is 0 Å². The molecule has 0 unspecified atom stereocenters. The number of aromatic carboxylic acids is 1. The molecule has 1 fully saturated rings. The predicted molar refractivity (Wildman–Crippen MR) is 75.2 cm³/mol. The van der Waals surface area contributed by atoms with Crippen molar-refractivity contribution in [2.45, 2.75) is 64.4 Å². The average molecular weight is 278 g/mol. The third-order valence-electron chi connectivity index (χ3n) is 3.59. The molecule has 0 aliphatic heterocycles. The number of carbonyl (C=O) groups is 1. The number of hydrogen-bond donors (Lipinski definition) is 1. The van der Waals surface area contributed by atoms with Gasteiger partial charge in [0.05, 0.1) is 12.3 Å². The molecule has 20 heavy (non-hydrogen) atoms. The second-order valence-corrected chi connectivity index (χ2v) is 5.63. The predicted octanol–water partition coefficient (Wildman–Crippen LogP) is 3.40. The van der Waals surface area contributed by atoms with Crippen molar-refractivity contribution in [3.63, 3.8) is 0 Å². The standard InChI is InChI=1S/C15H22N2O3/c1-10(2)14-16-9-12(13(17-14)15(18)19)20-11-7-5-3-4-6-8-11/h9-11H,3-8H2,1-2H3,(H,18,19). The molecule has 0 radical (unpaired) electrons. The van der Waals surface area contributed by atoms with Crippen molar-refractivity contribution < 1.29 is 14.6 Å². The van der Waals surface area contributed by atoms with Gasteiger partial charge in [0, 0.05) is 5.92 Å². The summed E-state index contributed by atoms with van der Waals surface area (Å²) in [5, 5.41) is 9.29. The van der Waals surface area contributed by atoms with Crippen molar-refractivity contribution in [2.24, 2.45) is 0 Å². The molecular formula is C15H22N2O3. The summed E-state index contributed by atoms with van der Waals surface area (Å²) in [6.45, 7) is 3.87. The first-order chi connectivity index (χ1) is 9.58. The van der Waals surface area contributed by atoms with Crippen LogP contribution < -0.4 is 4.74 Å². The first-order valence-electron chi connectivity index (χ1n) is 7.35. The molecule has 0 saturated heterocycles. The lowest BCUT2D eigenvalue weighted by molar-refractivity contribution is 0.0679. The van der Waals surface area contributed by atoms with Gasteiger partial charge in [0.15, 0.2) is 11.4 Å². The Morgan fingerprint density at radius 2 is 1.95 bits per heavy atom. The molecule has 0 amide bonds. The molecule has 1 aromatic heterocycles. The van der Waals surface area contributed by atoms with E-state index in [2.05, 4.69) is 9.97 Å². The van der Waals surface area contributed by atoms with Crippen molar-refractivity contribution in [1.82, 2.24) is 9.97 Å². The molecule has 1 N–H and O–H groups in total. The number of rotatable bonds is 4. The van der Waals surface area contributed by atoms with Gasteiger partial charge < -0.3 is 9.84 Å². The fourth-order valence-corrected chi connectivity index (χ4v) is 2.44. The van der Waals surface area contributed by atoms with Crippen LogP contribution in [0.3, 0.4) is 0 Å². The minimum atomic E-state index is -1.06. The number of aromatic nitrogens is 2. The highest BCUT2D eigenvalue weighted by molar-refractivity contribution is 5.88. The maximum Gasteiger partial charge on any atom is 0.358 e. The maximum absolute atomic E-state index is 11.3. The van der Waals surface area contributed by atoms with E-state index < -0.39 is 5.97 Å². The molecule has 0 spiro atoms. The van der Waals surface area contributed by atoms with Gasteiger partial charge in [-0.25, -0.2) is 14.8 Å². The zero-order chi connectivity index (χ0) is 14.5. The van der Waals surface area contributed by atoms with Gasteiger partial charge in [-0.3, -0.25) is 0 Å². The van der Waals surface area contributed by atoms with Crippen molar-refractivity contribution in [3.8, 4) is 5.75 Å². The zero-order valence-corrected chi connectivity index (χ0v) is 12.1. The summed E-state index contributed by atoms with van der Waals surface area (Å²) < 4.78 is 5.86. The van der Waals surface area contributed by atoms with E-state index in [1.807, 2.05) is 13.8 Å². The third kappa shape index (κ3) is 3.68. The summed E-state index contributed by atoms with van der Waals surface area (Å²) in [5.74, 6) is -0.123. The SMILES string of the molecule is CC(C)c1ncc(OC2CCCCCC2)c(C(=O)O)n1. The van der Waals surface area contributed by atoms with Gasteiger partial charge in [-0.1, -0.05) is 26.7 Å². The van der Waals surface area contributed by atoms with Gasteiger partial charge in [-0.15, -0.1) is 0 Å². The van der Waals surface area contributed by atoms with Crippen molar-refractivity contribution in [1.29, 1.82) is 0 Å². The molecule has 0 aromatic carbocycles. The highest BCUT2D eigenvalue weighted by atomic mass is 16.5. The largest absolute Gasteiger partial charge is 0.486 e. The quantitative estimate of drug-likeness (QED) is 0.854. The third-order valence-corrected chi connectivity index (χ3v) is 3.59. The highest BCUT2D eigenvalue weighted by Gasteiger charge is 2.21. The number of nitrogens with zero attached hydrogens (tertiary/aromatic N) is 2. The van der Waals surface area contributed by atoms with Crippen LogP contribution in [-0.4, -0.2) is 27.1 Å². The van der Waals surface area contributed by atoms with E-state index >= 15 is 0 Å². The first-order valence-corrected chi connectivity index (χ1v) is 7.35. The Kier molecular flexibility index (Phi) is 4.93. The maximum atomic E-state index is 11.3. The van der Waals surface area contributed by atoms with E-state index in [1.54, 1.807) is 0 Å². The van der Waals surface area contributed by atoms with E-state index in [0.29, 0.717) is 11.6 Å². The Morgan fingerprint density at radius 3 is 2.50 bits per heavy atom. The van der Waals surface area contributed by atoms with Crippen LogP contribution in [0, 0.1) is 0 Å². The van der Waals surface area contributed by atoms with Crippen molar-refractivity contribution in [3.05, 3.63) is 17.7 Å². The van der Waals surface area contributed by atoms with Crippen LogP contribution in [0.2, 0.25) is 0 Å². The lowest BCUT2D eigenvalue weighted by atomic mass is 10.1. The Hall–Kier alpha value is -1.65. The summed E-state index contributed by atoms with van der Waals surface area (Å²) >= 11 is 0. The van der Waals surface area contributed by atoms with Gasteiger partial charge in [-0.05, 0) is 25.7 Å². The zero-order valence-electron chi connectivity index (χ0n) is 12.1. The van der Waals surface area contributed by atoms with Crippen LogP contribution in [0.5, 0.6) is 5.75 Å². The highest BCUT2D eigenvalue weighted by Crippen LogP contribution is 2.25. The monoisotopic (exact) mass is 278 g/mol. The summed E-state index contributed by atoms with van der Waals surface area (Å²) in [7, 11) is 0. The van der Waals surface area contributed by atoms with Crippen molar-refractivity contribution in [2.75, 3.05) is 0 Å². The summed E-state index contributed by atoms with van der Waals surface area (Å²) in [6, 6.07) is 0. The fourth-order valence-electron chi connectivity index (χ4n) is 2.44. The minimum Gasteiger partial charge on any atom is -0.486 e. The Labute approximate surface area is 119 Å². The van der Waals surface area contributed by atoms with Gasteiger partial charge in [-0.2, -0.15) is 0 Å². The van der Waals surface area contributed by atoms with Crippen LogP contribution in [0.4, 0.5) is 0 Å². The summed E-state index contributed by atoms with van der Waals surface area (Å²) in [4.78, 5) is 19.7. The molecule has 2 rings (SSSR count). The lowest BCUT2D eigenvalue weighted by Gasteiger charge is -2.18. The molecular weight excluding hydrogens is 256 g/mol. The molecule has 5 heteroatoms. The molecule has 1 aliphatic carbocycles. The Morgan fingerprint density at radius 1 is 1.30 bits per heavy atom. The first kappa shape index (κ1) is 14.8. The van der Waals surface area contributed by atoms with Crippen LogP contribution in [0.15, 0.2) is 6.20 Å². The van der Waals surface area contributed by atoms with E-state index in [1.165, 1.54) is 19.0 Å². The minimum absolute atomic E-state index is 0.0204. The van der Waals surface area contributed by atoms with E-state index in [-0.39, 0.29) is 17.7 Å². The molecule has 0 atom stereocenters. The van der Waals surface area contributed by atoms with Gasteiger partial charge >= 0.3 is 5.97 Å². The van der Waals surface area contributed by atoms with Crippen LogP contribution in [0.1, 0.15) is 74.6 Å². The van der Waals surface area contributed by atoms with Crippen LogP contribution in [-0.2, 0) is 0 Å².